The van der Waals surface area contributed by atoms with Gasteiger partial charge in [-0.25, -0.2) is 0 Å². The number of aromatic hydroxyl groups is 1. The molecule has 2 radical (unpaired) electrons. The molecule has 1 aromatic carbocycles. The minimum Gasteiger partial charge on any atom is -0.507 e. The first-order valence-electron chi connectivity index (χ1n) is 6.18. The van der Waals surface area contributed by atoms with E-state index < -0.39 is 0 Å². The molecule has 0 atom stereocenters. The van der Waals surface area contributed by atoms with Crippen LogP contribution in [0.1, 0.15) is 58.2 Å². The average molecular weight is 259 g/mol. The molecule has 0 amide bonds. The van der Waals surface area contributed by atoms with Gasteiger partial charge in [0, 0.05) is 17.3 Å². The fourth-order valence-electron chi connectivity index (χ4n) is 1.84. The molecular weight excluding hydrogens is 237 g/mol. The zero-order chi connectivity index (χ0) is 14.1. The lowest BCUT2D eigenvalue weighted by atomic mass is 9.79. The summed E-state index contributed by atoms with van der Waals surface area (Å²) in [5.74, 6) is 0.335. The second kappa shape index (κ2) is 5.07. The van der Waals surface area contributed by atoms with Gasteiger partial charge in [0.2, 0.25) is 0 Å². The highest BCUT2D eigenvalue weighted by atomic mass is 27.1. The van der Waals surface area contributed by atoms with Crippen LogP contribution in [0.15, 0.2) is 16.1 Å². The zero-order valence-corrected chi connectivity index (χ0v) is 13.4. The van der Waals surface area contributed by atoms with Crippen LogP contribution in [0.5, 0.6) is 5.75 Å². The van der Waals surface area contributed by atoms with E-state index in [-0.39, 0.29) is 10.8 Å². The van der Waals surface area contributed by atoms with E-state index in [1.54, 1.807) is 6.21 Å². The Bertz CT molecular complexity index is 465. The molecule has 96 valence electrons. The highest BCUT2D eigenvalue weighted by molar-refractivity contribution is 6.11. The third-order valence-corrected chi connectivity index (χ3v) is 3.18. The molecule has 1 rings (SSSR count). The van der Waals surface area contributed by atoms with Crippen molar-refractivity contribution in [2.24, 2.45) is 3.98 Å². The Balaban J connectivity index is 3.57. The summed E-state index contributed by atoms with van der Waals surface area (Å²) in [6, 6.07) is 4.12. The number of hydrogen-bond donors (Lipinski definition) is 1. The molecule has 0 aliphatic rings. The first-order chi connectivity index (χ1) is 8.07. The molecule has 0 saturated carbocycles. The number of rotatable bonds is 1. The van der Waals surface area contributed by atoms with E-state index in [0.717, 1.165) is 11.1 Å². The van der Waals surface area contributed by atoms with Crippen LogP contribution >= 0.6 is 0 Å². The van der Waals surface area contributed by atoms with Crippen LogP contribution in [0.3, 0.4) is 0 Å². The van der Waals surface area contributed by atoms with E-state index in [4.69, 9.17) is 0 Å². The second-order valence-electron chi connectivity index (χ2n) is 6.74. The van der Waals surface area contributed by atoms with Gasteiger partial charge in [-0.05, 0) is 22.5 Å². The summed E-state index contributed by atoms with van der Waals surface area (Å²) in [5, 5.41) is 10.3. The van der Waals surface area contributed by atoms with Gasteiger partial charge in [-0.15, -0.1) is 0 Å². The fourth-order valence-corrected chi connectivity index (χ4v) is 2.00. The molecule has 18 heavy (non-hydrogen) atoms. The van der Waals surface area contributed by atoms with Crippen molar-refractivity contribution in [1.82, 2.24) is 0 Å². The smallest absolute Gasteiger partial charge is 0.345 e. The standard InChI is InChI=1S/C15H22NO.Al/c1-14(2,3)11-7-10(9-16)13(17)12(8-11)15(4,5)6;/h7-9,17H,1-6H3;/q-1;+1. The van der Waals surface area contributed by atoms with E-state index in [2.05, 4.69) is 68.1 Å². The van der Waals surface area contributed by atoms with Crippen LogP contribution in [0, 0.1) is 0 Å². The highest BCUT2D eigenvalue weighted by Crippen LogP contribution is 2.36. The summed E-state index contributed by atoms with van der Waals surface area (Å²) in [5.41, 5.74) is 2.92. The molecule has 3 heteroatoms. The molecule has 0 saturated heterocycles. The molecule has 0 aromatic heterocycles. The fraction of sp³-hybridized carbons (Fsp3) is 0.533. The summed E-state index contributed by atoms with van der Waals surface area (Å²) in [6.07, 6.45) is 1.68. The van der Waals surface area contributed by atoms with Crippen molar-refractivity contribution in [3.63, 3.8) is 0 Å². The van der Waals surface area contributed by atoms with Gasteiger partial charge < -0.3 is 9.08 Å². The van der Waals surface area contributed by atoms with E-state index >= 15 is 0 Å². The maximum absolute atomic E-state index is 10.3. The molecule has 1 N–H and O–H groups in total. The Labute approximate surface area is 119 Å². The van der Waals surface area contributed by atoms with Crippen LogP contribution in [0.25, 0.3) is 0 Å². The SMILES string of the molecule is CC(C)(C)c1cc(C=[N][Al])c(O)c(C(C)(C)C)c1. The minimum absolute atomic E-state index is 0.0528. The maximum atomic E-state index is 10.3. The molecule has 0 heterocycles. The predicted molar refractivity (Wildman–Crippen MR) is 78.9 cm³/mol. The lowest BCUT2D eigenvalue weighted by Gasteiger charge is -2.27. The van der Waals surface area contributed by atoms with Crippen LogP contribution in [-0.2, 0) is 10.8 Å². The van der Waals surface area contributed by atoms with Gasteiger partial charge in [-0.3, -0.25) is 0 Å². The molecule has 2 nitrogen and oxygen atoms in total. The van der Waals surface area contributed by atoms with E-state index in [9.17, 15) is 5.11 Å². The number of phenolic OH excluding ortho intramolecular Hbond substituents is 1. The van der Waals surface area contributed by atoms with Crippen LogP contribution in [-0.4, -0.2) is 27.8 Å². The molecule has 0 aliphatic carbocycles. The zero-order valence-electron chi connectivity index (χ0n) is 12.2. The maximum Gasteiger partial charge on any atom is 0.345 e. The Hall–Kier alpha value is -0.778. The van der Waals surface area contributed by atoms with E-state index in [1.807, 2.05) is 6.07 Å². The average Bonchev–Trinajstić information content (AvgIpc) is 2.17. The van der Waals surface area contributed by atoms with Crippen molar-refractivity contribution in [1.29, 1.82) is 0 Å². The quantitative estimate of drug-likeness (QED) is 0.607. The molecule has 1 aromatic rings. The summed E-state index contributed by atoms with van der Waals surface area (Å²) >= 11 is 2.30. The summed E-state index contributed by atoms with van der Waals surface area (Å²) in [6.45, 7) is 12.8. The molecule has 0 bridgehead atoms. The van der Waals surface area contributed by atoms with Crippen molar-refractivity contribution >= 4 is 22.7 Å². The molecule has 0 aliphatic heterocycles. The Kier molecular flexibility index (Phi) is 4.31. The second-order valence-corrected chi connectivity index (χ2v) is 7.04. The van der Waals surface area contributed by atoms with Crippen molar-refractivity contribution in [2.45, 2.75) is 52.4 Å². The molecule has 0 fully saturated rings. The lowest BCUT2D eigenvalue weighted by molar-refractivity contribution is 0.444. The van der Waals surface area contributed by atoms with Gasteiger partial charge in [0.25, 0.3) is 0 Å². The van der Waals surface area contributed by atoms with Gasteiger partial charge in [-0.2, -0.15) is 0 Å². The summed E-state index contributed by atoms with van der Waals surface area (Å²) in [4.78, 5) is 0. The van der Waals surface area contributed by atoms with Gasteiger partial charge in [0.15, 0.2) is 0 Å². The summed E-state index contributed by atoms with van der Waals surface area (Å²) < 4.78 is 3.94. The number of nitrogens with zero attached hydrogens (tertiary/aromatic N) is 1. The molecule has 0 unspecified atom stereocenters. The van der Waals surface area contributed by atoms with Crippen molar-refractivity contribution in [3.05, 3.63) is 28.8 Å². The van der Waals surface area contributed by atoms with Crippen LogP contribution in [0.2, 0.25) is 0 Å². The minimum atomic E-state index is -0.0885. The van der Waals surface area contributed by atoms with Gasteiger partial charge >= 0.3 is 16.5 Å². The Morgan fingerprint density at radius 1 is 1.06 bits per heavy atom. The van der Waals surface area contributed by atoms with Crippen molar-refractivity contribution in [2.75, 3.05) is 0 Å². The van der Waals surface area contributed by atoms with E-state index in [0.29, 0.717) is 5.75 Å². The largest absolute Gasteiger partial charge is 0.507 e. The highest BCUT2D eigenvalue weighted by Gasteiger charge is 2.24. The van der Waals surface area contributed by atoms with Crippen LogP contribution < -0.4 is 0 Å². The van der Waals surface area contributed by atoms with E-state index in [1.165, 1.54) is 5.56 Å². The summed E-state index contributed by atoms with van der Waals surface area (Å²) in [7, 11) is 0. The van der Waals surface area contributed by atoms with Gasteiger partial charge in [0.05, 0.1) is 0 Å². The number of phenols is 1. The Morgan fingerprint density at radius 2 is 1.61 bits per heavy atom. The number of hydrogen-bond acceptors (Lipinski definition) is 2. The lowest BCUT2D eigenvalue weighted by Crippen LogP contribution is -2.17. The number of benzene rings is 1. The normalized spacial score (nSPS) is 13.2. The van der Waals surface area contributed by atoms with Gasteiger partial charge in [-0.1, -0.05) is 47.6 Å². The monoisotopic (exact) mass is 259 g/mol. The predicted octanol–water partition coefficient (Wildman–Crippen LogP) is 3.49. The molecular formula is C15H22AlNO. The van der Waals surface area contributed by atoms with Gasteiger partial charge in [0.1, 0.15) is 5.75 Å². The van der Waals surface area contributed by atoms with Crippen LogP contribution in [0.4, 0.5) is 0 Å². The topological polar surface area (TPSA) is 32.6 Å². The first kappa shape index (κ1) is 15.3. The van der Waals surface area contributed by atoms with Crippen molar-refractivity contribution < 1.29 is 5.11 Å². The first-order valence-corrected chi connectivity index (χ1v) is 6.70. The third kappa shape index (κ3) is 3.37. The molecule has 0 spiro atoms. The third-order valence-electron chi connectivity index (χ3n) is 3.03. The van der Waals surface area contributed by atoms with Crippen molar-refractivity contribution in [3.8, 4) is 5.75 Å². The Morgan fingerprint density at radius 3 is 2.00 bits per heavy atom.